The van der Waals surface area contributed by atoms with Gasteiger partial charge in [0, 0.05) is 44.5 Å². The van der Waals surface area contributed by atoms with Gasteiger partial charge in [-0.15, -0.1) is 0 Å². The van der Waals surface area contributed by atoms with Crippen molar-refractivity contribution in [1.82, 2.24) is 9.80 Å². The summed E-state index contributed by atoms with van der Waals surface area (Å²) in [5, 5.41) is 2.89. The topological polar surface area (TPSA) is 71.1 Å². The second-order valence-electron chi connectivity index (χ2n) is 7.69. The van der Waals surface area contributed by atoms with E-state index in [1.54, 1.807) is 46.2 Å². The van der Waals surface area contributed by atoms with Gasteiger partial charge in [0.15, 0.2) is 0 Å². The molecule has 0 radical (unpaired) electrons. The first-order valence-corrected chi connectivity index (χ1v) is 10.5. The Balaban J connectivity index is 1.26. The summed E-state index contributed by atoms with van der Waals surface area (Å²) in [7, 11) is 0. The van der Waals surface area contributed by atoms with Crippen molar-refractivity contribution < 1.29 is 23.5 Å². The highest BCUT2D eigenvalue weighted by atomic mass is 19.1. The molecule has 2 aromatic rings. The second-order valence-corrected chi connectivity index (χ2v) is 7.69. The summed E-state index contributed by atoms with van der Waals surface area (Å²) in [4.78, 5) is 28.5. The maximum absolute atomic E-state index is 13.0. The molecule has 2 heterocycles. The molecule has 0 bridgehead atoms. The number of nitrogens with one attached hydrogen (secondary N) is 1. The van der Waals surface area contributed by atoms with Crippen LogP contribution in [0.25, 0.3) is 0 Å². The number of hydrogen-bond acceptors (Lipinski definition) is 4. The molecule has 2 fully saturated rings. The predicted molar refractivity (Wildman–Crippen MR) is 113 cm³/mol. The number of hydrogen-bond donors (Lipinski definition) is 1. The molecule has 2 aromatic carbocycles. The molecule has 3 amide bonds. The molecule has 1 atom stereocenters. The van der Waals surface area contributed by atoms with Gasteiger partial charge in [-0.25, -0.2) is 9.18 Å². The van der Waals surface area contributed by atoms with E-state index in [0.717, 1.165) is 18.4 Å². The van der Waals surface area contributed by atoms with Crippen LogP contribution in [-0.2, 0) is 16.1 Å². The van der Waals surface area contributed by atoms with Gasteiger partial charge in [-0.05, 0) is 42.7 Å². The minimum absolute atomic E-state index is 0.0311. The molecule has 164 valence electrons. The summed E-state index contributed by atoms with van der Waals surface area (Å²) in [6, 6.07) is 13.1. The van der Waals surface area contributed by atoms with Crippen LogP contribution in [0.3, 0.4) is 0 Å². The van der Waals surface area contributed by atoms with Gasteiger partial charge in [0.2, 0.25) is 0 Å². The SMILES string of the molecule is O=C(Nc1cccc(OCc2ccc(F)cc2)c1)N1CCN(C(=O)[C@@H]2CCCO2)CC1. The first kappa shape index (κ1) is 21.1. The number of nitrogens with zero attached hydrogens (tertiary/aromatic N) is 2. The van der Waals surface area contributed by atoms with Crippen LogP contribution >= 0.6 is 0 Å². The minimum Gasteiger partial charge on any atom is -0.489 e. The molecular weight excluding hydrogens is 401 g/mol. The van der Waals surface area contributed by atoms with E-state index in [1.165, 1.54) is 12.1 Å². The van der Waals surface area contributed by atoms with Crippen molar-refractivity contribution in [2.75, 3.05) is 38.1 Å². The Morgan fingerprint density at radius 2 is 1.81 bits per heavy atom. The lowest BCUT2D eigenvalue weighted by Crippen LogP contribution is -2.53. The number of piperazine rings is 1. The molecule has 31 heavy (non-hydrogen) atoms. The summed E-state index contributed by atoms with van der Waals surface area (Å²) < 4.78 is 24.2. The molecule has 0 aromatic heterocycles. The zero-order chi connectivity index (χ0) is 21.6. The second kappa shape index (κ2) is 9.78. The van der Waals surface area contributed by atoms with Gasteiger partial charge in [-0.1, -0.05) is 18.2 Å². The smallest absolute Gasteiger partial charge is 0.321 e. The maximum atomic E-state index is 13.0. The lowest BCUT2D eigenvalue weighted by Gasteiger charge is -2.35. The van der Waals surface area contributed by atoms with E-state index in [1.807, 2.05) is 0 Å². The Hall–Kier alpha value is -3.13. The summed E-state index contributed by atoms with van der Waals surface area (Å²) in [6.45, 7) is 2.92. The van der Waals surface area contributed by atoms with Crippen LogP contribution in [0.2, 0.25) is 0 Å². The van der Waals surface area contributed by atoms with Crippen LogP contribution in [0.4, 0.5) is 14.9 Å². The van der Waals surface area contributed by atoms with Gasteiger partial charge in [0.25, 0.3) is 5.91 Å². The molecule has 0 spiro atoms. The zero-order valence-corrected chi connectivity index (χ0v) is 17.3. The average molecular weight is 427 g/mol. The van der Waals surface area contributed by atoms with Crippen molar-refractivity contribution in [1.29, 1.82) is 0 Å². The van der Waals surface area contributed by atoms with E-state index in [2.05, 4.69) is 5.32 Å². The highest BCUT2D eigenvalue weighted by molar-refractivity contribution is 5.90. The summed E-state index contributed by atoms with van der Waals surface area (Å²) in [5.41, 5.74) is 1.48. The quantitative estimate of drug-likeness (QED) is 0.795. The molecule has 8 heteroatoms. The fourth-order valence-electron chi connectivity index (χ4n) is 3.72. The van der Waals surface area contributed by atoms with E-state index in [0.29, 0.717) is 50.8 Å². The largest absolute Gasteiger partial charge is 0.489 e. The van der Waals surface area contributed by atoms with Crippen molar-refractivity contribution in [2.24, 2.45) is 0 Å². The molecule has 2 aliphatic heterocycles. The number of benzene rings is 2. The van der Waals surface area contributed by atoms with Gasteiger partial charge >= 0.3 is 6.03 Å². The Morgan fingerprint density at radius 3 is 2.52 bits per heavy atom. The fraction of sp³-hybridized carbons (Fsp3) is 0.391. The number of amides is 3. The fourth-order valence-corrected chi connectivity index (χ4v) is 3.72. The van der Waals surface area contributed by atoms with Crippen molar-refractivity contribution in [2.45, 2.75) is 25.6 Å². The standard InChI is InChI=1S/C23H26FN3O4/c24-18-8-6-17(7-9-18)16-31-20-4-1-3-19(15-20)25-23(29)27-12-10-26(11-13-27)22(28)21-5-2-14-30-21/h1,3-4,6-9,15,21H,2,5,10-14,16H2,(H,25,29)/t21-/m0/s1. The molecule has 0 aliphatic carbocycles. The normalized spacial score (nSPS) is 18.7. The number of carbonyl (C=O) groups is 2. The molecule has 2 saturated heterocycles. The molecule has 2 aliphatic rings. The Kier molecular flexibility index (Phi) is 6.66. The van der Waals surface area contributed by atoms with Crippen LogP contribution in [0.15, 0.2) is 48.5 Å². The lowest BCUT2D eigenvalue weighted by molar-refractivity contribution is -0.142. The summed E-state index contributed by atoms with van der Waals surface area (Å²) in [5.74, 6) is 0.350. The lowest BCUT2D eigenvalue weighted by atomic mass is 10.2. The average Bonchev–Trinajstić information content (AvgIpc) is 3.34. The minimum atomic E-state index is -0.321. The number of ether oxygens (including phenoxy) is 2. The number of urea groups is 1. The number of carbonyl (C=O) groups excluding carboxylic acids is 2. The number of rotatable bonds is 5. The van der Waals surface area contributed by atoms with Gasteiger partial charge in [0.1, 0.15) is 24.3 Å². The van der Waals surface area contributed by atoms with Crippen LogP contribution < -0.4 is 10.1 Å². The Morgan fingerprint density at radius 1 is 1.06 bits per heavy atom. The Bertz CT molecular complexity index is 907. The van der Waals surface area contributed by atoms with Crippen LogP contribution in [-0.4, -0.2) is 60.6 Å². The first-order chi connectivity index (χ1) is 15.1. The van der Waals surface area contributed by atoms with Crippen LogP contribution in [0, 0.1) is 5.82 Å². The Labute approximate surface area is 180 Å². The van der Waals surface area contributed by atoms with Crippen LogP contribution in [0.1, 0.15) is 18.4 Å². The van der Waals surface area contributed by atoms with Crippen molar-refractivity contribution >= 4 is 17.6 Å². The molecular formula is C23H26FN3O4. The third-order valence-electron chi connectivity index (χ3n) is 5.49. The first-order valence-electron chi connectivity index (χ1n) is 10.5. The molecule has 7 nitrogen and oxygen atoms in total. The maximum Gasteiger partial charge on any atom is 0.321 e. The summed E-state index contributed by atoms with van der Waals surface area (Å²) >= 11 is 0. The van der Waals surface area contributed by atoms with Crippen molar-refractivity contribution in [3.8, 4) is 5.75 Å². The van der Waals surface area contributed by atoms with Gasteiger partial charge in [-0.3, -0.25) is 4.79 Å². The third kappa shape index (κ3) is 5.52. The predicted octanol–water partition coefficient (Wildman–Crippen LogP) is 3.26. The molecule has 0 unspecified atom stereocenters. The van der Waals surface area contributed by atoms with Crippen molar-refractivity contribution in [3.63, 3.8) is 0 Å². The summed E-state index contributed by atoms with van der Waals surface area (Å²) in [6.07, 6.45) is 1.38. The van der Waals surface area contributed by atoms with E-state index in [4.69, 9.17) is 9.47 Å². The van der Waals surface area contributed by atoms with E-state index < -0.39 is 0 Å². The van der Waals surface area contributed by atoms with E-state index in [-0.39, 0.29) is 23.9 Å². The third-order valence-corrected chi connectivity index (χ3v) is 5.49. The van der Waals surface area contributed by atoms with Gasteiger partial charge in [-0.2, -0.15) is 0 Å². The van der Waals surface area contributed by atoms with E-state index >= 15 is 0 Å². The molecule has 0 saturated carbocycles. The number of halogens is 1. The molecule has 1 N–H and O–H groups in total. The van der Waals surface area contributed by atoms with Crippen molar-refractivity contribution in [3.05, 3.63) is 59.9 Å². The highest BCUT2D eigenvalue weighted by Gasteiger charge is 2.31. The highest BCUT2D eigenvalue weighted by Crippen LogP contribution is 2.20. The monoisotopic (exact) mass is 427 g/mol. The van der Waals surface area contributed by atoms with Gasteiger partial charge < -0.3 is 24.6 Å². The van der Waals surface area contributed by atoms with E-state index in [9.17, 15) is 14.0 Å². The zero-order valence-electron chi connectivity index (χ0n) is 17.3. The van der Waals surface area contributed by atoms with Crippen LogP contribution in [0.5, 0.6) is 5.75 Å². The van der Waals surface area contributed by atoms with Gasteiger partial charge in [0.05, 0.1) is 0 Å². The molecule has 4 rings (SSSR count). The number of anilines is 1.